The highest BCUT2D eigenvalue weighted by Gasteiger charge is 2.27. The van der Waals surface area contributed by atoms with E-state index in [2.05, 4.69) is 23.5 Å². The number of nitrogens with zero attached hydrogens (tertiary/aromatic N) is 1. The van der Waals surface area contributed by atoms with Crippen LogP contribution in [0.1, 0.15) is 33.1 Å². The first kappa shape index (κ1) is 18.0. The van der Waals surface area contributed by atoms with Gasteiger partial charge < -0.3 is 4.74 Å². The molecule has 0 unspecified atom stereocenters. The molecule has 0 aliphatic rings. The van der Waals surface area contributed by atoms with Crippen molar-refractivity contribution in [3.8, 4) is 0 Å². The van der Waals surface area contributed by atoms with Gasteiger partial charge in [-0.2, -0.15) is 13.2 Å². The van der Waals surface area contributed by atoms with Crippen LogP contribution in [0.15, 0.2) is 0 Å². The lowest BCUT2D eigenvalue weighted by atomic mass is 10.1. The quantitative estimate of drug-likeness (QED) is 0.449. The van der Waals surface area contributed by atoms with E-state index in [4.69, 9.17) is 11.6 Å². The van der Waals surface area contributed by atoms with Crippen LogP contribution in [0.25, 0.3) is 0 Å². The lowest BCUT2D eigenvalue weighted by Gasteiger charge is -2.29. The van der Waals surface area contributed by atoms with Gasteiger partial charge in [-0.05, 0) is 19.3 Å². The lowest BCUT2D eigenvalue weighted by molar-refractivity contribution is -0.174. The summed E-state index contributed by atoms with van der Waals surface area (Å²) in [5, 5.41) is 0. The Balaban J connectivity index is 3.83. The SMILES string of the molecule is CCC(CC)N(CCCl)CCCOCC(F)(F)F. The monoisotopic (exact) mass is 289 g/mol. The van der Waals surface area contributed by atoms with Gasteiger partial charge in [-0.25, -0.2) is 0 Å². The molecule has 0 aromatic heterocycles. The average Bonchev–Trinajstić information content (AvgIpc) is 2.28. The molecule has 0 aromatic rings. The standard InChI is InChI=1S/C12H23ClF3NO/c1-3-11(4-2)17(8-6-13)7-5-9-18-10-12(14,15)16/h11H,3-10H2,1-2H3. The lowest BCUT2D eigenvalue weighted by Crippen LogP contribution is -2.37. The van der Waals surface area contributed by atoms with Gasteiger partial charge >= 0.3 is 6.18 Å². The molecule has 0 aromatic carbocycles. The predicted octanol–water partition coefficient (Wildman–Crippen LogP) is 3.68. The van der Waals surface area contributed by atoms with E-state index in [1.165, 1.54) is 0 Å². The number of rotatable bonds is 10. The number of ether oxygens (including phenoxy) is 1. The minimum Gasteiger partial charge on any atom is -0.372 e. The Kier molecular flexibility index (Phi) is 9.87. The fourth-order valence-electron chi connectivity index (χ4n) is 1.95. The van der Waals surface area contributed by atoms with Crippen LogP contribution in [-0.2, 0) is 4.74 Å². The summed E-state index contributed by atoms with van der Waals surface area (Å²) in [6.45, 7) is 4.70. The summed E-state index contributed by atoms with van der Waals surface area (Å²) in [6.07, 6.45) is -1.58. The molecule has 2 nitrogen and oxygen atoms in total. The maximum Gasteiger partial charge on any atom is 0.411 e. The maximum absolute atomic E-state index is 11.8. The fourth-order valence-corrected chi connectivity index (χ4v) is 2.17. The molecule has 110 valence electrons. The van der Waals surface area contributed by atoms with E-state index in [1.54, 1.807) is 0 Å². The zero-order chi connectivity index (χ0) is 14.0. The van der Waals surface area contributed by atoms with Crippen LogP contribution in [0.2, 0.25) is 0 Å². The van der Waals surface area contributed by atoms with Crippen LogP contribution < -0.4 is 0 Å². The maximum atomic E-state index is 11.8. The molecule has 0 heterocycles. The molecule has 0 atom stereocenters. The van der Waals surface area contributed by atoms with E-state index in [0.29, 0.717) is 18.3 Å². The number of alkyl halides is 4. The summed E-state index contributed by atoms with van der Waals surface area (Å²) in [5.74, 6) is 0.542. The van der Waals surface area contributed by atoms with Crippen LogP contribution in [0.5, 0.6) is 0 Å². The molecule has 0 fully saturated rings. The van der Waals surface area contributed by atoms with Crippen LogP contribution in [0.4, 0.5) is 13.2 Å². The van der Waals surface area contributed by atoms with Gasteiger partial charge in [0.15, 0.2) is 0 Å². The van der Waals surface area contributed by atoms with Crippen LogP contribution in [0.3, 0.4) is 0 Å². The molecule has 0 N–H and O–H groups in total. The first-order chi connectivity index (χ1) is 8.44. The third-order valence-corrected chi connectivity index (χ3v) is 3.00. The van der Waals surface area contributed by atoms with Crippen LogP contribution >= 0.6 is 11.6 Å². The third kappa shape index (κ3) is 9.00. The molecular formula is C12H23ClF3NO. The molecule has 0 bridgehead atoms. The molecule has 0 saturated carbocycles. The number of halogens is 4. The second-order valence-electron chi connectivity index (χ2n) is 4.22. The van der Waals surface area contributed by atoms with E-state index in [-0.39, 0.29) is 6.61 Å². The van der Waals surface area contributed by atoms with E-state index in [1.807, 2.05) is 0 Å². The van der Waals surface area contributed by atoms with Gasteiger partial charge in [-0.15, -0.1) is 11.6 Å². The highest BCUT2D eigenvalue weighted by atomic mass is 35.5. The van der Waals surface area contributed by atoms with E-state index in [0.717, 1.165) is 25.9 Å². The predicted molar refractivity (Wildman–Crippen MR) is 68.2 cm³/mol. The molecule has 0 radical (unpaired) electrons. The van der Waals surface area contributed by atoms with Crippen molar-refractivity contribution in [1.29, 1.82) is 0 Å². The normalized spacial score (nSPS) is 12.7. The summed E-state index contributed by atoms with van der Waals surface area (Å²) in [4.78, 5) is 2.23. The van der Waals surface area contributed by atoms with Gasteiger partial charge in [-0.1, -0.05) is 13.8 Å². The zero-order valence-corrected chi connectivity index (χ0v) is 11.9. The fraction of sp³-hybridized carbons (Fsp3) is 1.00. The minimum absolute atomic E-state index is 0.137. The molecule has 0 aliphatic heterocycles. The summed E-state index contributed by atoms with van der Waals surface area (Å²) < 4.78 is 40.1. The van der Waals surface area contributed by atoms with Gasteiger partial charge in [0, 0.05) is 31.6 Å². The Morgan fingerprint density at radius 2 is 1.78 bits per heavy atom. The molecule has 0 amide bonds. The molecule has 0 aliphatic carbocycles. The van der Waals surface area contributed by atoms with E-state index in [9.17, 15) is 13.2 Å². The second-order valence-corrected chi connectivity index (χ2v) is 4.59. The first-order valence-electron chi connectivity index (χ1n) is 6.39. The van der Waals surface area contributed by atoms with E-state index >= 15 is 0 Å². The van der Waals surface area contributed by atoms with Crippen molar-refractivity contribution in [3.63, 3.8) is 0 Å². The summed E-state index contributed by atoms with van der Waals surface area (Å²) >= 11 is 5.73. The Morgan fingerprint density at radius 3 is 2.22 bits per heavy atom. The van der Waals surface area contributed by atoms with Crippen molar-refractivity contribution in [2.45, 2.75) is 45.3 Å². The zero-order valence-electron chi connectivity index (χ0n) is 11.1. The van der Waals surface area contributed by atoms with E-state index < -0.39 is 12.8 Å². The smallest absolute Gasteiger partial charge is 0.372 e. The highest BCUT2D eigenvalue weighted by Crippen LogP contribution is 2.14. The molecule has 0 rings (SSSR count). The average molecular weight is 290 g/mol. The van der Waals surface area contributed by atoms with Crippen LogP contribution in [0, 0.1) is 0 Å². The second kappa shape index (κ2) is 9.87. The van der Waals surface area contributed by atoms with Gasteiger partial charge in [0.1, 0.15) is 6.61 Å². The van der Waals surface area contributed by atoms with Crippen LogP contribution in [-0.4, -0.2) is 49.3 Å². The number of hydrogen-bond donors (Lipinski definition) is 0. The largest absolute Gasteiger partial charge is 0.411 e. The minimum atomic E-state index is -4.23. The van der Waals surface area contributed by atoms with Gasteiger partial charge in [0.2, 0.25) is 0 Å². The Morgan fingerprint density at radius 1 is 1.17 bits per heavy atom. The number of hydrogen-bond acceptors (Lipinski definition) is 2. The van der Waals surface area contributed by atoms with Crippen molar-refractivity contribution < 1.29 is 17.9 Å². The van der Waals surface area contributed by atoms with Crippen molar-refractivity contribution in [1.82, 2.24) is 4.90 Å². The molecule has 6 heteroatoms. The Hall–Kier alpha value is -0.0000000000000000555. The molecule has 0 spiro atoms. The highest BCUT2D eigenvalue weighted by molar-refractivity contribution is 6.18. The van der Waals surface area contributed by atoms with Gasteiger partial charge in [0.25, 0.3) is 0 Å². The molecule has 18 heavy (non-hydrogen) atoms. The third-order valence-electron chi connectivity index (χ3n) is 2.83. The van der Waals surface area contributed by atoms with Gasteiger partial charge in [-0.3, -0.25) is 4.90 Å². The molecule has 0 saturated heterocycles. The van der Waals surface area contributed by atoms with Crippen molar-refractivity contribution in [3.05, 3.63) is 0 Å². The van der Waals surface area contributed by atoms with Crippen molar-refractivity contribution in [2.24, 2.45) is 0 Å². The van der Waals surface area contributed by atoms with Crippen molar-refractivity contribution >= 4 is 11.6 Å². The first-order valence-corrected chi connectivity index (χ1v) is 6.92. The summed E-state index contributed by atoms with van der Waals surface area (Å²) in [6, 6.07) is 0.450. The molecular weight excluding hydrogens is 267 g/mol. The summed E-state index contributed by atoms with van der Waals surface area (Å²) in [5.41, 5.74) is 0. The Bertz CT molecular complexity index is 198. The topological polar surface area (TPSA) is 12.5 Å². The summed E-state index contributed by atoms with van der Waals surface area (Å²) in [7, 11) is 0. The van der Waals surface area contributed by atoms with Crippen molar-refractivity contribution in [2.75, 3.05) is 32.2 Å². The Labute approximate surface area is 112 Å². The van der Waals surface area contributed by atoms with Gasteiger partial charge in [0.05, 0.1) is 0 Å².